The summed E-state index contributed by atoms with van der Waals surface area (Å²) in [7, 11) is -2.95. The summed E-state index contributed by atoms with van der Waals surface area (Å²) in [5.41, 5.74) is 5.53. The molecule has 0 radical (unpaired) electrons. The molecule has 0 N–H and O–H groups in total. The summed E-state index contributed by atoms with van der Waals surface area (Å²) in [5, 5.41) is 10.3. The molecule has 11 rings (SSSR count). The fraction of sp³-hybridized carbons (Fsp3) is 0. The van der Waals surface area contributed by atoms with Crippen LogP contribution in [0.15, 0.2) is 176 Å². The molecule has 3 nitrogen and oxygen atoms in total. The van der Waals surface area contributed by atoms with Gasteiger partial charge in [0.15, 0.2) is 13.9 Å². The monoisotopic (exact) mass is 683 g/mol. The lowest BCUT2D eigenvalue weighted by Crippen LogP contribution is -2.73. The van der Waals surface area contributed by atoms with E-state index in [9.17, 15) is 0 Å². The van der Waals surface area contributed by atoms with Crippen LogP contribution in [0.25, 0.3) is 70.4 Å². The third-order valence-corrected chi connectivity index (χ3v) is 16.7. The van der Waals surface area contributed by atoms with Gasteiger partial charge in [-0.05, 0) is 39.8 Å². The molecule has 0 unspecified atom stereocenters. The van der Waals surface area contributed by atoms with Gasteiger partial charge in [-0.25, -0.2) is 9.97 Å². The van der Waals surface area contributed by atoms with Gasteiger partial charge < -0.3 is 0 Å². The zero-order valence-corrected chi connectivity index (χ0v) is 29.3. The number of para-hydroxylation sites is 1. The summed E-state index contributed by atoms with van der Waals surface area (Å²) in [6, 6.07) is 64.1. The summed E-state index contributed by atoms with van der Waals surface area (Å²) >= 11 is 1.87. The molecule has 10 aromatic rings. The lowest BCUT2D eigenvalue weighted by Gasteiger charge is -2.32. The van der Waals surface area contributed by atoms with E-state index in [-0.39, 0.29) is 0 Å². The summed E-state index contributed by atoms with van der Waals surface area (Å²) in [4.78, 5) is 11.2. The molecule has 238 valence electrons. The quantitative estimate of drug-likeness (QED) is 0.174. The molecule has 0 spiro atoms. The Morgan fingerprint density at radius 2 is 1.10 bits per heavy atom. The van der Waals surface area contributed by atoms with Crippen molar-refractivity contribution >= 4 is 82.1 Å². The van der Waals surface area contributed by atoms with E-state index in [0.29, 0.717) is 0 Å². The summed E-state index contributed by atoms with van der Waals surface area (Å²) < 4.78 is 5.07. The lowest BCUT2D eigenvalue weighted by atomic mass is 10.1. The van der Waals surface area contributed by atoms with Gasteiger partial charge in [0.1, 0.15) is 5.82 Å². The van der Waals surface area contributed by atoms with Gasteiger partial charge in [-0.15, -0.1) is 11.3 Å². The maximum absolute atomic E-state index is 5.71. The van der Waals surface area contributed by atoms with Crippen molar-refractivity contribution in [2.45, 2.75) is 0 Å². The van der Waals surface area contributed by atoms with E-state index in [1.54, 1.807) is 0 Å². The molecule has 0 atom stereocenters. The zero-order chi connectivity index (χ0) is 33.5. The maximum Gasteiger partial charge on any atom is 0.187 e. The van der Waals surface area contributed by atoms with Crippen LogP contribution in [0, 0.1) is 0 Å². The smallest absolute Gasteiger partial charge is 0.187 e. The van der Waals surface area contributed by atoms with Crippen LogP contribution in [0.3, 0.4) is 0 Å². The van der Waals surface area contributed by atoms with Crippen LogP contribution in [0.4, 0.5) is 0 Å². The number of hydrogen-bond acceptors (Lipinski definition) is 3. The van der Waals surface area contributed by atoms with Crippen LogP contribution in [-0.2, 0) is 0 Å². The normalized spacial score (nSPS) is 13.3. The first-order valence-corrected chi connectivity index (χ1v) is 20.2. The molecule has 3 aromatic heterocycles. The molecule has 1 aliphatic heterocycles. The predicted molar refractivity (Wildman–Crippen MR) is 217 cm³/mol. The van der Waals surface area contributed by atoms with E-state index >= 15 is 0 Å². The Morgan fingerprint density at radius 3 is 1.86 bits per heavy atom. The Labute approximate surface area is 299 Å². The largest absolute Gasteiger partial charge is 0.294 e. The van der Waals surface area contributed by atoms with Gasteiger partial charge in [-0.2, -0.15) is 0 Å². The first kappa shape index (κ1) is 28.7. The van der Waals surface area contributed by atoms with Gasteiger partial charge in [-0.1, -0.05) is 152 Å². The van der Waals surface area contributed by atoms with Crippen LogP contribution >= 0.6 is 11.3 Å². The molecule has 0 amide bonds. The third kappa shape index (κ3) is 3.99. The molecular formula is C46H29N3SSi. The van der Waals surface area contributed by atoms with Crippen molar-refractivity contribution in [1.82, 2.24) is 14.5 Å². The van der Waals surface area contributed by atoms with Crippen molar-refractivity contribution < 1.29 is 0 Å². The summed E-state index contributed by atoms with van der Waals surface area (Å²) in [5.74, 6) is 1.69. The minimum Gasteiger partial charge on any atom is -0.294 e. The molecule has 7 aromatic carbocycles. The second-order valence-corrected chi connectivity index (χ2v) is 18.1. The lowest BCUT2D eigenvalue weighted by molar-refractivity contribution is 1.06. The molecular weight excluding hydrogens is 655 g/mol. The Bertz CT molecular complexity index is 2930. The van der Waals surface area contributed by atoms with Crippen molar-refractivity contribution in [2.24, 2.45) is 0 Å². The van der Waals surface area contributed by atoms with Crippen molar-refractivity contribution in [3.8, 4) is 28.5 Å². The first-order valence-electron chi connectivity index (χ1n) is 17.3. The second kappa shape index (κ2) is 10.9. The number of aromatic nitrogens is 3. The molecule has 0 aliphatic carbocycles. The highest BCUT2D eigenvalue weighted by Crippen LogP contribution is 2.41. The Balaban J connectivity index is 1.37. The molecule has 0 fully saturated rings. The van der Waals surface area contributed by atoms with Gasteiger partial charge in [0, 0.05) is 47.3 Å². The average Bonchev–Trinajstić information content (AvgIpc) is 3.84. The van der Waals surface area contributed by atoms with Crippen molar-refractivity contribution in [2.75, 3.05) is 0 Å². The van der Waals surface area contributed by atoms with Gasteiger partial charge >= 0.3 is 0 Å². The van der Waals surface area contributed by atoms with Crippen molar-refractivity contribution in [1.29, 1.82) is 0 Å². The van der Waals surface area contributed by atoms with Gasteiger partial charge in [-0.3, -0.25) is 4.57 Å². The maximum atomic E-state index is 5.71. The molecule has 0 saturated carbocycles. The highest BCUT2D eigenvalue weighted by molar-refractivity contribution is 7.26. The van der Waals surface area contributed by atoms with E-state index in [0.717, 1.165) is 33.9 Å². The first-order chi connectivity index (χ1) is 25.3. The SMILES string of the molecule is c1ccc(-c2nc3c(c(-n4c5ccccc5c5cc6sc7ccccc7c6cc54)n2)[Si](c2ccccc2)(c2ccccc2)c2ccccc2-3)cc1. The van der Waals surface area contributed by atoms with E-state index in [1.807, 2.05) is 11.3 Å². The minimum absolute atomic E-state index is 0.734. The minimum atomic E-state index is -2.95. The van der Waals surface area contributed by atoms with Crippen LogP contribution in [-0.4, -0.2) is 22.6 Å². The number of nitrogens with zero attached hydrogens (tertiary/aromatic N) is 3. The predicted octanol–water partition coefficient (Wildman–Crippen LogP) is 8.97. The molecule has 0 saturated heterocycles. The highest BCUT2D eigenvalue weighted by atomic mass is 32.1. The zero-order valence-electron chi connectivity index (χ0n) is 27.5. The van der Waals surface area contributed by atoms with Crippen molar-refractivity contribution in [3.05, 3.63) is 176 Å². The number of fused-ring (bicyclic) bond motifs is 9. The summed E-state index contributed by atoms with van der Waals surface area (Å²) in [6.07, 6.45) is 0. The van der Waals surface area contributed by atoms with Crippen LogP contribution in [0.5, 0.6) is 0 Å². The van der Waals surface area contributed by atoms with Crippen molar-refractivity contribution in [3.63, 3.8) is 0 Å². The topological polar surface area (TPSA) is 30.7 Å². The molecule has 0 bridgehead atoms. The average molecular weight is 684 g/mol. The highest BCUT2D eigenvalue weighted by Gasteiger charge is 2.52. The second-order valence-electron chi connectivity index (χ2n) is 13.3. The number of benzene rings is 7. The molecule has 5 heteroatoms. The number of hydrogen-bond donors (Lipinski definition) is 0. The fourth-order valence-corrected chi connectivity index (χ4v) is 14.9. The Hall–Kier alpha value is -6.14. The van der Waals surface area contributed by atoms with E-state index in [1.165, 1.54) is 57.3 Å². The Morgan fingerprint density at radius 1 is 0.471 bits per heavy atom. The molecule has 1 aliphatic rings. The third-order valence-electron chi connectivity index (χ3n) is 10.7. The van der Waals surface area contributed by atoms with E-state index in [4.69, 9.17) is 9.97 Å². The van der Waals surface area contributed by atoms with Gasteiger partial charge in [0.05, 0.1) is 16.7 Å². The summed E-state index contributed by atoms with van der Waals surface area (Å²) in [6.45, 7) is 0. The van der Waals surface area contributed by atoms with E-state index in [2.05, 4.69) is 180 Å². The molecule has 51 heavy (non-hydrogen) atoms. The number of thiophene rings is 1. The fourth-order valence-electron chi connectivity index (χ4n) is 8.58. The number of rotatable bonds is 4. The van der Waals surface area contributed by atoms with Gasteiger partial charge in [0.25, 0.3) is 0 Å². The van der Waals surface area contributed by atoms with Crippen LogP contribution in [0.1, 0.15) is 0 Å². The van der Waals surface area contributed by atoms with Crippen LogP contribution in [0.2, 0.25) is 0 Å². The van der Waals surface area contributed by atoms with E-state index < -0.39 is 8.07 Å². The Kier molecular flexibility index (Phi) is 6.14. The van der Waals surface area contributed by atoms with Gasteiger partial charge in [0.2, 0.25) is 0 Å². The van der Waals surface area contributed by atoms with Crippen LogP contribution < -0.4 is 20.7 Å². The molecule has 4 heterocycles. The standard InChI is InChI=1S/C46H29N3SSi/c1-4-16-30(17-5-1)45-47-43-35-24-12-15-27-42(35)51(31-18-6-2-7-19-31,32-20-8-3-9-21-32)44(43)46(48-45)49-38-25-13-10-22-33(38)36-29-41-37(28-39(36)49)34-23-11-14-26-40(34)50-41/h1-29H.